The summed E-state index contributed by atoms with van der Waals surface area (Å²) >= 11 is 0. The molecule has 3 nitrogen and oxygen atoms in total. The summed E-state index contributed by atoms with van der Waals surface area (Å²) in [4.78, 5) is 4.26. The maximum Gasteiger partial charge on any atom is 0.126 e. The molecule has 0 amide bonds. The lowest BCUT2D eigenvalue weighted by Crippen LogP contribution is -2.02. The van der Waals surface area contributed by atoms with Gasteiger partial charge in [0.1, 0.15) is 5.82 Å². The lowest BCUT2D eigenvalue weighted by molar-refractivity contribution is 0.685. The Morgan fingerprint density at radius 3 is 2.75 bits per heavy atom. The summed E-state index contributed by atoms with van der Waals surface area (Å²) in [6, 6.07) is 0. The Bertz CT molecular complexity index is 216. The second kappa shape index (κ2) is 4.14. The molecule has 0 atom stereocenters. The number of nitrogen functional groups attached to an aromatic ring is 1. The second-order valence-corrected chi connectivity index (χ2v) is 3.02. The summed E-state index contributed by atoms with van der Waals surface area (Å²) in [7, 11) is 0. The number of aromatic nitrogens is 2. The van der Waals surface area contributed by atoms with E-state index >= 15 is 0 Å². The molecule has 0 bridgehead atoms. The van der Waals surface area contributed by atoms with E-state index in [4.69, 9.17) is 5.73 Å². The molecule has 0 aliphatic carbocycles. The molecule has 0 aromatic carbocycles. The average molecular weight is 167 g/mol. The van der Waals surface area contributed by atoms with Crippen LogP contribution in [-0.2, 0) is 13.0 Å². The van der Waals surface area contributed by atoms with E-state index in [1.54, 1.807) is 0 Å². The molecule has 1 rings (SSSR count). The molecular weight excluding hydrogens is 150 g/mol. The number of hydrogen-bond donors (Lipinski definition) is 1. The third-order valence-corrected chi connectivity index (χ3v) is 1.91. The minimum atomic E-state index is 0.846. The van der Waals surface area contributed by atoms with Crippen molar-refractivity contribution in [2.24, 2.45) is 0 Å². The van der Waals surface area contributed by atoms with Gasteiger partial charge in [0.05, 0.1) is 12.0 Å². The van der Waals surface area contributed by atoms with Gasteiger partial charge in [-0.3, -0.25) is 0 Å². The summed E-state index contributed by atoms with van der Waals surface area (Å²) in [5, 5.41) is 0. The van der Waals surface area contributed by atoms with Crippen LogP contribution in [0.15, 0.2) is 6.33 Å². The number of aryl methyl sites for hydroxylation is 2. The molecule has 12 heavy (non-hydrogen) atoms. The molecule has 68 valence electrons. The molecule has 0 radical (unpaired) electrons. The van der Waals surface area contributed by atoms with Gasteiger partial charge in [-0.15, -0.1) is 0 Å². The fraction of sp³-hybridized carbons (Fsp3) is 0.667. The molecule has 2 N–H and O–H groups in total. The first kappa shape index (κ1) is 9.10. The maximum absolute atomic E-state index is 5.88. The molecular formula is C9H17N3. The Hall–Kier alpha value is -0.990. The molecule has 0 aliphatic heterocycles. The van der Waals surface area contributed by atoms with Gasteiger partial charge < -0.3 is 10.3 Å². The van der Waals surface area contributed by atoms with Crippen LogP contribution >= 0.6 is 0 Å². The van der Waals surface area contributed by atoms with Crippen LogP contribution in [0.5, 0.6) is 0 Å². The third kappa shape index (κ3) is 1.78. The SMILES string of the molecule is CCCc1ncn(CCC)c1N. The van der Waals surface area contributed by atoms with Crippen LogP contribution in [0.25, 0.3) is 0 Å². The minimum Gasteiger partial charge on any atom is -0.384 e. The maximum atomic E-state index is 5.88. The molecule has 0 saturated carbocycles. The smallest absolute Gasteiger partial charge is 0.126 e. The van der Waals surface area contributed by atoms with Crippen LogP contribution in [0.4, 0.5) is 5.82 Å². The zero-order valence-corrected chi connectivity index (χ0v) is 7.88. The molecule has 0 fully saturated rings. The van der Waals surface area contributed by atoms with Crippen molar-refractivity contribution in [3.8, 4) is 0 Å². The molecule has 1 aromatic heterocycles. The van der Waals surface area contributed by atoms with Crippen molar-refractivity contribution in [2.45, 2.75) is 39.7 Å². The largest absolute Gasteiger partial charge is 0.384 e. The van der Waals surface area contributed by atoms with Crippen LogP contribution < -0.4 is 5.73 Å². The van der Waals surface area contributed by atoms with Gasteiger partial charge in [-0.25, -0.2) is 4.98 Å². The summed E-state index contributed by atoms with van der Waals surface area (Å²) < 4.78 is 2.02. The molecule has 1 heterocycles. The van der Waals surface area contributed by atoms with Gasteiger partial charge in [0.2, 0.25) is 0 Å². The van der Waals surface area contributed by atoms with Gasteiger partial charge in [0.15, 0.2) is 0 Å². The fourth-order valence-electron chi connectivity index (χ4n) is 1.28. The van der Waals surface area contributed by atoms with Crippen molar-refractivity contribution < 1.29 is 0 Å². The van der Waals surface area contributed by atoms with Crippen LogP contribution in [0.3, 0.4) is 0 Å². The topological polar surface area (TPSA) is 43.8 Å². The zero-order valence-electron chi connectivity index (χ0n) is 7.88. The monoisotopic (exact) mass is 167 g/mol. The van der Waals surface area contributed by atoms with E-state index in [0.717, 1.165) is 37.3 Å². The van der Waals surface area contributed by atoms with Gasteiger partial charge >= 0.3 is 0 Å². The quantitative estimate of drug-likeness (QED) is 0.743. The molecule has 3 heteroatoms. The third-order valence-electron chi connectivity index (χ3n) is 1.91. The Balaban J connectivity index is 2.74. The van der Waals surface area contributed by atoms with E-state index in [2.05, 4.69) is 18.8 Å². The highest BCUT2D eigenvalue weighted by Gasteiger charge is 2.04. The molecule has 0 spiro atoms. The first-order chi connectivity index (χ1) is 5.79. The van der Waals surface area contributed by atoms with Crippen LogP contribution in [0.2, 0.25) is 0 Å². The Morgan fingerprint density at radius 1 is 1.42 bits per heavy atom. The molecule has 0 unspecified atom stereocenters. The summed E-state index contributed by atoms with van der Waals surface area (Å²) in [5.41, 5.74) is 6.92. The second-order valence-electron chi connectivity index (χ2n) is 3.02. The van der Waals surface area contributed by atoms with Crippen molar-refractivity contribution in [1.29, 1.82) is 0 Å². The summed E-state index contributed by atoms with van der Waals surface area (Å²) in [5.74, 6) is 0.846. The van der Waals surface area contributed by atoms with Gasteiger partial charge in [-0.2, -0.15) is 0 Å². The summed E-state index contributed by atoms with van der Waals surface area (Å²) in [6.45, 7) is 5.25. The standard InChI is InChI=1S/C9H17N3/c1-3-5-8-9(10)12(6-4-2)7-11-8/h7H,3-6,10H2,1-2H3. The van der Waals surface area contributed by atoms with Crippen molar-refractivity contribution in [2.75, 3.05) is 5.73 Å². The lowest BCUT2D eigenvalue weighted by Gasteiger charge is -2.02. The van der Waals surface area contributed by atoms with E-state index in [-0.39, 0.29) is 0 Å². The van der Waals surface area contributed by atoms with E-state index in [0.29, 0.717) is 0 Å². The predicted molar refractivity (Wildman–Crippen MR) is 50.9 cm³/mol. The van der Waals surface area contributed by atoms with E-state index in [9.17, 15) is 0 Å². The van der Waals surface area contributed by atoms with Crippen molar-refractivity contribution in [1.82, 2.24) is 9.55 Å². The van der Waals surface area contributed by atoms with Crippen LogP contribution in [0, 0.1) is 0 Å². The Kier molecular flexibility index (Phi) is 3.14. The van der Waals surface area contributed by atoms with Gasteiger partial charge in [-0.1, -0.05) is 20.3 Å². The predicted octanol–water partition coefficient (Wildman–Crippen LogP) is 1.83. The molecule has 0 saturated heterocycles. The van der Waals surface area contributed by atoms with Crippen LogP contribution in [-0.4, -0.2) is 9.55 Å². The van der Waals surface area contributed by atoms with Crippen LogP contribution in [0.1, 0.15) is 32.4 Å². The Morgan fingerprint density at radius 2 is 2.17 bits per heavy atom. The number of imidazole rings is 1. The number of rotatable bonds is 4. The van der Waals surface area contributed by atoms with Crippen molar-refractivity contribution >= 4 is 5.82 Å². The zero-order chi connectivity index (χ0) is 8.97. The number of nitrogens with two attached hydrogens (primary N) is 1. The van der Waals surface area contributed by atoms with Crippen molar-refractivity contribution in [3.63, 3.8) is 0 Å². The van der Waals surface area contributed by atoms with E-state index < -0.39 is 0 Å². The first-order valence-electron chi connectivity index (χ1n) is 4.59. The highest BCUT2D eigenvalue weighted by molar-refractivity contribution is 5.35. The van der Waals surface area contributed by atoms with E-state index in [1.807, 2.05) is 10.9 Å². The normalized spacial score (nSPS) is 10.5. The highest BCUT2D eigenvalue weighted by Crippen LogP contribution is 2.12. The highest BCUT2D eigenvalue weighted by atomic mass is 15.1. The van der Waals surface area contributed by atoms with Gasteiger partial charge in [0.25, 0.3) is 0 Å². The van der Waals surface area contributed by atoms with Gasteiger partial charge in [-0.05, 0) is 12.8 Å². The number of nitrogens with zero attached hydrogens (tertiary/aromatic N) is 2. The van der Waals surface area contributed by atoms with E-state index in [1.165, 1.54) is 0 Å². The van der Waals surface area contributed by atoms with Gasteiger partial charge in [0, 0.05) is 6.54 Å². The number of hydrogen-bond acceptors (Lipinski definition) is 2. The minimum absolute atomic E-state index is 0.846. The first-order valence-corrected chi connectivity index (χ1v) is 4.59. The molecule has 0 aliphatic rings. The fourth-order valence-corrected chi connectivity index (χ4v) is 1.28. The Labute approximate surface area is 73.6 Å². The lowest BCUT2D eigenvalue weighted by atomic mass is 10.2. The average Bonchev–Trinajstić information content (AvgIpc) is 2.38. The number of anilines is 1. The molecule has 1 aromatic rings. The summed E-state index contributed by atoms with van der Waals surface area (Å²) in [6.07, 6.45) is 5.03. The van der Waals surface area contributed by atoms with Crippen molar-refractivity contribution in [3.05, 3.63) is 12.0 Å².